The van der Waals surface area contributed by atoms with Crippen molar-refractivity contribution in [3.8, 4) is 0 Å². The molecular weight excluding hydrogens is 236 g/mol. The fourth-order valence-corrected chi connectivity index (χ4v) is 2.07. The van der Waals surface area contributed by atoms with Gasteiger partial charge in [0.2, 0.25) is 0 Å². The van der Waals surface area contributed by atoms with Crippen LogP contribution in [-0.4, -0.2) is 32.7 Å². The smallest absolute Gasteiger partial charge is 0.330 e. The summed E-state index contributed by atoms with van der Waals surface area (Å²) in [6, 6.07) is 1.22. The van der Waals surface area contributed by atoms with E-state index in [0.29, 0.717) is 6.42 Å². The van der Waals surface area contributed by atoms with Gasteiger partial charge in [-0.3, -0.25) is 14.3 Å². The van der Waals surface area contributed by atoms with Gasteiger partial charge in [0.05, 0.1) is 18.1 Å². The number of aromatic amines is 1. The van der Waals surface area contributed by atoms with Crippen molar-refractivity contribution in [3.63, 3.8) is 0 Å². The van der Waals surface area contributed by atoms with E-state index in [1.54, 1.807) is 0 Å². The molecule has 1 aliphatic rings. The minimum absolute atomic E-state index is 0.141. The van der Waals surface area contributed by atoms with Gasteiger partial charge < -0.3 is 9.84 Å². The predicted molar refractivity (Wildman–Crippen MR) is 56.6 cm³/mol. The summed E-state index contributed by atoms with van der Waals surface area (Å²) in [4.78, 5) is 24.5. The second-order valence-corrected chi connectivity index (χ2v) is 4.16. The summed E-state index contributed by atoms with van der Waals surface area (Å²) in [5.41, 5.74) is -1.04. The first-order chi connectivity index (χ1) is 7.61. The number of aliphatic hydroxyl groups is 1. The Morgan fingerprint density at radius 2 is 2.38 bits per heavy atom. The number of aromatic nitrogens is 2. The van der Waals surface area contributed by atoms with Crippen LogP contribution in [0.5, 0.6) is 0 Å². The van der Waals surface area contributed by atoms with Crippen molar-refractivity contribution in [1.82, 2.24) is 9.55 Å². The summed E-state index contributed by atoms with van der Waals surface area (Å²) in [5, 5.41) is 8.53. The first-order valence-corrected chi connectivity index (χ1v) is 5.27. The van der Waals surface area contributed by atoms with Gasteiger partial charge >= 0.3 is 5.69 Å². The number of hydrogen-bond donors (Lipinski definition) is 2. The minimum Gasteiger partial charge on any atom is -0.394 e. The molecule has 1 aromatic heterocycles. The van der Waals surface area contributed by atoms with E-state index < -0.39 is 22.9 Å². The monoisotopic (exact) mass is 246 g/mol. The Labute approximate surface area is 95.4 Å². The molecule has 0 aliphatic carbocycles. The van der Waals surface area contributed by atoms with E-state index in [1.807, 2.05) is 0 Å². The lowest BCUT2D eigenvalue weighted by atomic mass is 10.2. The molecule has 0 radical (unpaired) electrons. The van der Waals surface area contributed by atoms with Gasteiger partial charge in [-0.1, -0.05) is 0 Å². The maximum absolute atomic E-state index is 11.5. The number of alkyl halides is 1. The van der Waals surface area contributed by atoms with Gasteiger partial charge in [0.25, 0.3) is 5.56 Å². The highest BCUT2D eigenvalue weighted by molar-refractivity contribution is 6.21. The van der Waals surface area contributed by atoms with Gasteiger partial charge in [-0.15, -0.1) is 11.6 Å². The Bertz CT molecular complexity index is 483. The number of aliphatic hydroxyl groups excluding tert-OH is 1. The molecule has 0 aromatic carbocycles. The van der Waals surface area contributed by atoms with Crippen molar-refractivity contribution in [2.45, 2.75) is 24.1 Å². The zero-order chi connectivity index (χ0) is 11.7. The summed E-state index contributed by atoms with van der Waals surface area (Å²) < 4.78 is 6.61. The third kappa shape index (κ3) is 2.04. The molecule has 2 heterocycles. The topological polar surface area (TPSA) is 84.3 Å². The first-order valence-electron chi connectivity index (χ1n) is 4.83. The predicted octanol–water partition coefficient (Wildman–Crippen LogP) is -0.576. The van der Waals surface area contributed by atoms with E-state index in [-0.39, 0.29) is 12.7 Å². The zero-order valence-corrected chi connectivity index (χ0v) is 9.05. The molecule has 2 rings (SSSR count). The van der Waals surface area contributed by atoms with Crippen LogP contribution in [0.2, 0.25) is 0 Å². The highest BCUT2D eigenvalue weighted by Crippen LogP contribution is 2.31. The second kappa shape index (κ2) is 4.40. The average molecular weight is 247 g/mol. The van der Waals surface area contributed by atoms with Gasteiger partial charge in [0.15, 0.2) is 6.23 Å². The Kier molecular flexibility index (Phi) is 3.13. The Morgan fingerprint density at radius 3 is 2.94 bits per heavy atom. The fourth-order valence-electron chi connectivity index (χ4n) is 1.69. The fraction of sp³-hybridized carbons (Fsp3) is 0.556. The van der Waals surface area contributed by atoms with Crippen LogP contribution in [0.15, 0.2) is 21.9 Å². The molecule has 3 atom stereocenters. The highest BCUT2D eigenvalue weighted by Gasteiger charge is 2.35. The molecule has 88 valence electrons. The van der Waals surface area contributed by atoms with Crippen molar-refractivity contribution >= 4 is 11.6 Å². The molecule has 0 amide bonds. The van der Waals surface area contributed by atoms with E-state index in [0.717, 1.165) is 0 Å². The molecule has 1 aromatic rings. The van der Waals surface area contributed by atoms with E-state index in [1.165, 1.54) is 16.8 Å². The number of rotatable bonds is 2. The molecule has 1 saturated heterocycles. The lowest BCUT2D eigenvalue weighted by molar-refractivity contribution is -0.0238. The number of ether oxygens (including phenoxy) is 1. The number of nitrogens with zero attached hydrogens (tertiary/aromatic N) is 1. The Hall–Kier alpha value is -1.11. The van der Waals surface area contributed by atoms with Crippen LogP contribution in [0.1, 0.15) is 12.6 Å². The van der Waals surface area contributed by atoms with E-state index in [4.69, 9.17) is 21.4 Å². The lowest BCUT2D eigenvalue weighted by Gasteiger charge is -2.16. The molecular formula is C9H11ClN2O4. The largest absolute Gasteiger partial charge is 0.394 e. The minimum atomic E-state index is -0.650. The van der Waals surface area contributed by atoms with Crippen molar-refractivity contribution in [2.75, 3.05) is 6.61 Å². The summed E-state index contributed by atoms with van der Waals surface area (Å²) >= 11 is 6.01. The SMILES string of the molecule is O=c1ccn([C@@H]2O[C@H](CO)C[C@@H]2Cl)c(=O)[nH]1. The van der Waals surface area contributed by atoms with Crippen LogP contribution < -0.4 is 11.2 Å². The Balaban J connectivity index is 2.31. The van der Waals surface area contributed by atoms with Crippen LogP contribution in [-0.2, 0) is 4.74 Å². The lowest BCUT2D eigenvalue weighted by Crippen LogP contribution is -2.33. The number of H-pyrrole nitrogens is 1. The molecule has 0 saturated carbocycles. The van der Waals surface area contributed by atoms with Crippen molar-refractivity contribution in [1.29, 1.82) is 0 Å². The van der Waals surface area contributed by atoms with Gasteiger partial charge in [-0.2, -0.15) is 0 Å². The van der Waals surface area contributed by atoms with Crippen LogP contribution in [0, 0.1) is 0 Å². The Morgan fingerprint density at radius 1 is 1.62 bits per heavy atom. The maximum atomic E-state index is 11.5. The van der Waals surface area contributed by atoms with Crippen molar-refractivity contribution in [2.24, 2.45) is 0 Å². The third-order valence-electron chi connectivity index (χ3n) is 2.46. The zero-order valence-electron chi connectivity index (χ0n) is 8.30. The summed E-state index contributed by atoms with van der Waals surface area (Å²) in [7, 11) is 0. The molecule has 0 bridgehead atoms. The molecule has 6 nitrogen and oxygen atoms in total. The first kappa shape index (κ1) is 11.4. The van der Waals surface area contributed by atoms with Crippen molar-refractivity contribution < 1.29 is 9.84 Å². The molecule has 0 spiro atoms. The quantitative estimate of drug-likeness (QED) is 0.684. The number of nitrogens with one attached hydrogen (secondary N) is 1. The second-order valence-electron chi connectivity index (χ2n) is 3.60. The maximum Gasteiger partial charge on any atom is 0.330 e. The summed E-state index contributed by atoms with van der Waals surface area (Å²) in [6.45, 7) is -0.141. The third-order valence-corrected chi connectivity index (χ3v) is 2.85. The van der Waals surface area contributed by atoms with Crippen LogP contribution in [0.25, 0.3) is 0 Å². The van der Waals surface area contributed by atoms with E-state index in [2.05, 4.69) is 4.98 Å². The summed E-state index contributed by atoms with van der Waals surface area (Å²) in [5.74, 6) is 0. The average Bonchev–Trinajstić information content (AvgIpc) is 2.60. The van der Waals surface area contributed by atoms with Crippen LogP contribution >= 0.6 is 11.6 Å². The van der Waals surface area contributed by atoms with Gasteiger partial charge in [0.1, 0.15) is 0 Å². The van der Waals surface area contributed by atoms with E-state index in [9.17, 15) is 9.59 Å². The van der Waals surface area contributed by atoms with Crippen LogP contribution in [0.4, 0.5) is 0 Å². The molecule has 2 N–H and O–H groups in total. The molecule has 0 unspecified atom stereocenters. The number of halogens is 1. The van der Waals surface area contributed by atoms with Crippen molar-refractivity contribution in [3.05, 3.63) is 33.1 Å². The molecule has 1 fully saturated rings. The van der Waals surface area contributed by atoms with E-state index >= 15 is 0 Å². The molecule has 16 heavy (non-hydrogen) atoms. The van der Waals surface area contributed by atoms with Gasteiger partial charge in [-0.05, 0) is 6.42 Å². The van der Waals surface area contributed by atoms with Crippen LogP contribution in [0.3, 0.4) is 0 Å². The van der Waals surface area contributed by atoms with Gasteiger partial charge in [0, 0.05) is 12.3 Å². The number of hydrogen-bond acceptors (Lipinski definition) is 4. The normalized spacial score (nSPS) is 29.5. The standard InChI is InChI=1S/C9H11ClN2O4/c10-6-3-5(4-13)16-8(6)12-2-1-7(14)11-9(12)15/h1-2,5-6,8,13H,3-4H2,(H,11,14,15)/t5-,6-,8+/m0/s1. The highest BCUT2D eigenvalue weighted by atomic mass is 35.5. The summed E-state index contributed by atoms with van der Waals surface area (Å²) in [6.07, 6.45) is 0.782. The molecule has 1 aliphatic heterocycles. The van der Waals surface area contributed by atoms with Gasteiger partial charge in [-0.25, -0.2) is 4.79 Å². The molecule has 7 heteroatoms.